The van der Waals surface area contributed by atoms with Crippen LogP contribution in [-0.4, -0.2) is 12.2 Å². The first-order valence-electron chi connectivity index (χ1n) is 7.19. The van der Waals surface area contributed by atoms with Gasteiger partial charge in [0.2, 0.25) is 5.91 Å². The van der Waals surface area contributed by atoms with Gasteiger partial charge in [-0.2, -0.15) is 0 Å². The molecule has 0 bridgehead atoms. The van der Waals surface area contributed by atoms with Gasteiger partial charge in [0.15, 0.2) is 0 Å². The SMILES string of the molecule is O=C1CC(c2ccccc2)NC(NCc2ccccc2)N1. The van der Waals surface area contributed by atoms with Crippen LogP contribution in [0.15, 0.2) is 60.7 Å². The van der Waals surface area contributed by atoms with Gasteiger partial charge in [0, 0.05) is 19.0 Å². The fourth-order valence-corrected chi connectivity index (χ4v) is 2.53. The molecule has 4 heteroatoms. The number of rotatable bonds is 4. The van der Waals surface area contributed by atoms with Crippen LogP contribution in [0.1, 0.15) is 23.6 Å². The van der Waals surface area contributed by atoms with Gasteiger partial charge in [0.25, 0.3) is 0 Å². The van der Waals surface area contributed by atoms with Crippen LogP contribution in [0.25, 0.3) is 0 Å². The third kappa shape index (κ3) is 3.68. The summed E-state index contributed by atoms with van der Waals surface area (Å²) in [6.07, 6.45) is 0.254. The highest BCUT2D eigenvalue weighted by Gasteiger charge is 2.26. The van der Waals surface area contributed by atoms with E-state index in [0.717, 1.165) is 5.56 Å². The molecule has 0 aliphatic carbocycles. The third-order valence-corrected chi connectivity index (χ3v) is 3.62. The Morgan fingerprint density at radius 2 is 1.67 bits per heavy atom. The van der Waals surface area contributed by atoms with Crippen molar-refractivity contribution in [3.8, 4) is 0 Å². The molecule has 0 aromatic heterocycles. The van der Waals surface area contributed by atoms with Crippen molar-refractivity contribution in [2.45, 2.75) is 25.3 Å². The number of nitrogens with one attached hydrogen (secondary N) is 3. The summed E-state index contributed by atoms with van der Waals surface area (Å²) in [6, 6.07) is 20.3. The number of carbonyl (C=O) groups excluding carboxylic acids is 1. The van der Waals surface area contributed by atoms with Gasteiger partial charge < -0.3 is 5.32 Å². The molecule has 0 spiro atoms. The van der Waals surface area contributed by atoms with E-state index in [1.165, 1.54) is 5.56 Å². The standard InChI is InChI=1S/C17H19N3O/c21-16-11-15(14-9-5-2-6-10-14)19-17(20-16)18-12-13-7-3-1-4-8-13/h1-10,15,17-19H,11-12H2,(H,20,21). The van der Waals surface area contributed by atoms with Gasteiger partial charge in [0.1, 0.15) is 6.29 Å². The van der Waals surface area contributed by atoms with Gasteiger partial charge in [-0.15, -0.1) is 0 Å². The summed E-state index contributed by atoms with van der Waals surface area (Å²) < 4.78 is 0. The topological polar surface area (TPSA) is 53.2 Å². The predicted octanol–water partition coefficient (Wildman–Crippen LogP) is 1.91. The van der Waals surface area contributed by atoms with Crippen molar-refractivity contribution in [2.75, 3.05) is 0 Å². The largest absolute Gasteiger partial charge is 0.328 e. The first-order chi connectivity index (χ1) is 10.3. The zero-order valence-corrected chi connectivity index (χ0v) is 11.8. The van der Waals surface area contributed by atoms with Crippen LogP contribution in [0.5, 0.6) is 0 Å². The Bertz CT molecular complexity index is 585. The van der Waals surface area contributed by atoms with Crippen molar-refractivity contribution in [1.82, 2.24) is 16.0 Å². The van der Waals surface area contributed by atoms with Crippen LogP contribution < -0.4 is 16.0 Å². The maximum Gasteiger partial charge on any atom is 0.224 e. The normalized spacial score (nSPS) is 21.8. The van der Waals surface area contributed by atoms with Crippen LogP contribution in [0.4, 0.5) is 0 Å². The quantitative estimate of drug-likeness (QED) is 0.802. The van der Waals surface area contributed by atoms with Crippen molar-refractivity contribution in [1.29, 1.82) is 0 Å². The summed E-state index contributed by atoms with van der Waals surface area (Å²) >= 11 is 0. The molecule has 3 N–H and O–H groups in total. The maximum absolute atomic E-state index is 11.9. The minimum absolute atomic E-state index is 0.0493. The monoisotopic (exact) mass is 281 g/mol. The fraction of sp³-hybridized carbons (Fsp3) is 0.235. The molecule has 1 amide bonds. The van der Waals surface area contributed by atoms with Crippen LogP contribution in [0.3, 0.4) is 0 Å². The Morgan fingerprint density at radius 1 is 1.00 bits per heavy atom. The molecule has 108 valence electrons. The molecular formula is C17H19N3O. The zero-order chi connectivity index (χ0) is 14.5. The second-order valence-corrected chi connectivity index (χ2v) is 5.20. The fourth-order valence-electron chi connectivity index (χ4n) is 2.53. The van der Waals surface area contributed by atoms with E-state index >= 15 is 0 Å². The van der Waals surface area contributed by atoms with E-state index in [-0.39, 0.29) is 18.2 Å². The van der Waals surface area contributed by atoms with E-state index in [9.17, 15) is 4.79 Å². The Kier molecular flexibility index (Phi) is 4.28. The van der Waals surface area contributed by atoms with Crippen LogP contribution >= 0.6 is 0 Å². The molecule has 0 radical (unpaired) electrons. The number of amides is 1. The zero-order valence-electron chi connectivity index (χ0n) is 11.8. The first-order valence-corrected chi connectivity index (χ1v) is 7.19. The number of benzene rings is 2. The molecule has 21 heavy (non-hydrogen) atoms. The smallest absolute Gasteiger partial charge is 0.224 e. The summed E-state index contributed by atoms with van der Waals surface area (Å²) in [7, 11) is 0. The molecule has 1 aliphatic rings. The van der Waals surface area contributed by atoms with Crippen molar-refractivity contribution in [3.63, 3.8) is 0 Å². The predicted molar refractivity (Wildman–Crippen MR) is 82.1 cm³/mol. The lowest BCUT2D eigenvalue weighted by Gasteiger charge is -2.32. The highest BCUT2D eigenvalue weighted by atomic mass is 16.2. The molecule has 1 saturated heterocycles. The second kappa shape index (κ2) is 6.52. The van der Waals surface area contributed by atoms with E-state index in [0.29, 0.717) is 13.0 Å². The van der Waals surface area contributed by atoms with Gasteiger partial charge in [0.05, 0.1) is 0 Å². The average molecular weight is 281 g/mol. The van der Waals surface area contributed by atoms with Gasteiger partial charge >= 0.3 is 0 Å². The number of hydrogen-bond donors (Lipinski definition) is 3. The van der Waals surface area contributed by atoms with Gasteiger partial charge in [-0.3, -0.25) is 15.4 Å². The molecule has 3 rings (SSSR count). The summed E-state index contributed by atoms with van der Waals surface area (Å²) in [5, 5.41) is 9.68. The third-order valence-electron chi connectivity index (χ3n) is 3.62. The molecule has 0 saturated carbocycles. The average Bonchev–Trinajstić information content (AvgIpc) is 2.54. The number of carbonyl (C=O) groups is 1. The van der Waals surface area contributed by atoms with Gasteiger partial charge in [-0.25, -0.2) is 0 Å². The van der Waals surface area contributed by atoms with E-state index in [4.69, 9.17) is 0 Å². The highest BCUT2D eigenvalue weighted by molar-refractivity contribution is 5.77. The Balaban J connectivity index is 1.62. The molecule has 1 heterocycles. The summed E-state index contributed by atoms with van der Waals surface area (Å²) in [5.41, 5.74) is 2.33. The Hall–Kier alpha value is -2.17. The van der Waals surface area contributed by atoms with Crippen molar-refractivity contribution in [3.05, 3.63) is 71.8 Å². The highest BCUT2D eigenvalue weighted by Crippen LogP contribution is 2.19. The van der Waals surface area contributed by atoms with E-state index in [1.807, 2.05) is 48.5 Å². The van der Waals surface area contributed by atoms with E-state index in [2.05, 4.69) is 28.1 Å². The number of hydrogen-bond acceptors (Lipinski definition) is 3. The van der Waals surface area contributed by atoms with Crippen LogP contribution in [0, 0.1) is 0 Å². The Labute approximate surface area is 124 Å². The van der Waals surface area contributed by atoms with Crippen molar-refractivity contribution < 1.29 is 4.79 Å². The first kappa shape index (κ1) is 13.8. The molecule has 2 atom stereocenters. The molecule has 2 unspecified atom stereocenters. The second-order valence-electron chi connectivity index (χ2n) is 5.20. The van der Waals surface area contributed by atoms with Gasteiger partial charge in [-0.1, -0.05) is 60.7 Å². The molecule has 4 nitrogen and oxygen atoms in total. The Morgan fingerprint density at radius 3 is 2.38 bits per heavy atom. The van der Waals surface area contributed by atoms with E-state index < -0.39 is 0 Å². The molecule has 2 aromatic rings. The van der Waals surface area contributed by atoms with Crippen molar-refractivity contribution in [2.24, 2.45) is 0 Å². The summed E-state index contributed by atoms with van der Waals surface area (Å²) in [5.74, 6) is 0.0631. The summed E-state index contributed by atoms with van der Waals surface area (Å²) in [4.78, 5) is 11.9. The maximum atomic E-state index is 11.9. The molecule has 1 fully saturated rings. The lowest BCUT2D eigenvalue weighted by Crippen LogP contribution is -2.59. The lowest BCUT2D eigenvalue weighted by molar-refractivity contribution is -0.124. The van der Waals surface area contributed by atoms with Crippen molar-refractivity contribution >= 4 is 5.91 Å². The van der Waals surface area contributed by atoms with Crippen LogP contribution in [-0.2, 0) is 11.3 Å². The minimum atomic E-state index is -0.211. The molecule has 2 aromatic carbocycles. The lowest BCUT2D eigenvalue weighted by atomic mass is 10.0. The molecule has 1 aliphatic heterocycles. The minimum Gasteiger partial charge on any atom is -0.328 e. The van der Waals surface area contributed by atoms with E-state index in [1.54, 1.807) is 0 Å². The van der Waals surface area contributed by atoms with Crippen LogP contribution in [0.2, 0.25) is 0 Å². The molecular weight excluding hydrogens is 262 g/mol. The summed E-state index contributed by atoms with van der Waals surface area (Å²) in [6.45, 7) is 0.709. The van der Waals surface area contributed by atoms with Gasteiger partial charge in [-0.05, 0) is 11.1 Å².